The molecule has 0 aromatic heterocycles. The number of hydrogen-bond donors (Lipinski definition) is 2. The molecule has 1 aromatic rings. The smallest absolute Gasteiger partial charge is 0.138 e. The van der Waals surface area contributed by atoms with Crippen LogP contribution in [0.25, 0.3) is 0 Å². The third kappa shape index (κ3) is 2.64. The number of para-hydroxylation sites is 1. The maximum absolute atomic E-state index is 9.66. The summed E-state index contributed by atoms with van der Waals surface area (Å²) < 4.78 is 0. The van der Waals surface area contributed by atoms with Crippen molar-refractivity contribution in [3.63, 3.8) is 0 Å². The molecule has 3 heteroatoms. The van der Waals surface area contributed by atoms with Crippen LogP contribution in [0, 0.1) is 11.8 Å². The average molecular weight is 226 g/mol. The minimum Gasteiger partial charge on any atom is -0.506 e. The van der Waals surface area contributed by atoms with Gasteiger partial charge in [0.2, 0.25) is 0 Å². The van der Waals surface area contributed by atoms with E-state index < -0.39 is 0 Å². The van der Waals surface area contributed by atoms with Crippen LogP contribution in [0.4, 0.5) is 0 Å². The number of aromatic hydroxyl groups is 1. The summed E-state index contributed by atoms with van der Waals surface area (Å²) in [7, 11) is 0. The maximum atomic E-state index is 9.66. The van der Waals surface area contributed by atoms with Crippen molar-refractivity contribution in [2.45, 2.75) is 19.9 Å². The molecule has 2 unspecified atom stereocenters. The van der Waals surface area contributed by atoms with Gasteiger partial charge in [0.05, 0.1) is 5.02 Å². The van der Waals surface area contributed by atoms with Gasteiger partial charge in [-0.2, -0.15) is 0 Å². The Bertz CT molecular complexity index is 353. The molecule has 82 valence electrons. The van der Waals surface area contributed by atoms with E-state index in [1.54, 1.807) is 6.07 Å². The fourth-order valence-corrected chi connectivity index (χ4v) is 1.97. The van der Waals surface area contributed by atoms with Gasteiger partial charge < -0.3 is 10.4 Å². The van der Waals surface area contributed by atoms with Crippen LogP contribution in [0.2, 0.25) is 5.02 Å². The van der Waals surface area contributed by atoms with Crippen molar-refractivity contribution in [2.24, 2.45) is 11.8 Å². The average Bonchev–Trinajstić information content (AvgIpc) is 2.89. The van der Waals surface area contributed by atoms with Crippen molar-refractivity contribution >= 4 is 11.6 Å². The van der Waals surface area contributed by atoms with Gasteiger partial charge in [0.1, 0.15) is 5.75 Å². The fraction of sp³-hybridized carbons (Fsp3) is 0.500. The third-order valence-electron chi connectivity index (χ3n) is 3.07. The zero-order chi connectivity index (χ0) is 10.8. The lowest BCUT2D eigenvalue weighted by atomic mass is 10.2. The molecule has 2 rings (SSSR count). The summed E-state index contributed by atoms with van der Waals surface area (Å²) in [5.74, 6) is 1.90. The molecular formula is C12H16ClNO. The number of phenolic OH excluding ortho intramolecular Hbond substituents is 1. The predicted molar refractivity (Wildman–Crippen MR) is 62.1 cm³/mol. The van der Waals surface area contributed by atoms with Crippen molar-refractivity contribution in [3.8, 4) is 5.75 Å². The molecule has 0 saturated heterocycles. The van der Waals surface area contributed by atoms with Gasteiger partial charge in [-0.3, -0.25) is 0 Å². The van der Waals surface area contributed by atoms with Gasteiger partial charge in [-0.25, -0.2) is 0 Å². The van der Waals surface area contributed by atoms with E-state index >= 15 is 0 Å². The Morgan fingerprint density at radius 3 is 2.93 bits per heavy atom. The van der Waals surface area contributed by atoms with Crippen LogP contribution < -0.4 is 5.32 Å². The Morgan fingerprint density at radius 2 is 2.27 bits per heavy atom. The molecule has 0 aliphatic heterocycles. The third-order valence-corrected chi connectivity index (χ3v) is 3.37. The lowest BCUT2D eigenvalue weighted by Crippen LogP contribution is -2.16. The molecule has 2 N–H and O–H groups in total. The fourth-order valence-electron chi connectivity index (χ4n) is 1.78. The number of halogens is 1. The van der Waals surface area contributed by atoms with Crippen molar-refractivity contribution in [2.75, 3.05) is 6.54 Å². The molecule has 1 fully saturated rings. The van der Waals surface area contributed by atoms with E-state index in [9.17, 15) is 5.11 Å². The molecule has 1 saturated carbocycles. The van der Waals surface area contributed by atoms with Crippen molar-refractivity contribution < 1.29 is 5.11 Å². The molecule has 0 heterocycles. The molecule has 1 aliphatic carbocycles. The highest BCUT2D eigenvalue weighted by atomic mass is 35.5. The van der Waals surface area contributed by atoms with Crippen molar-refractivity contribution in [1.82, 2.24) is 5.32 Å². The lowest BCUT2D eigenvalue weighted by Gasteiger charge is -2.07. The quantitative estimate of drug-likeness (QED) is 0.826. The van der Waals surface area contributed by atoms with Gasteiger partial charge in [0.25, 0.3) is 0 Å². The molecule has 0 bridgehead atoms. The number of nitrogens with one attached hydrogen (secondary N) is 1. The number of phenols is 1. The van der Waals surface area contributed by atoms with E-state index in [-0.39, 0.29) is 5.75 Å². The first-order valence-corrected chi connectivity index (χ1v) is 5.73. The monoisotopic (exact) mass is 225 g/mol. The number of rotatable bonds is 4. The van der Waals surface area contributed by atoms with E-state index in [0.29, 0.717) is 11.6 Å². The molecule has 0 amide bonds. The predicted octanol–water partition coefficient (Wildman–Crippen LogP) is 2.79. The van der Waals surface area contributed by atoms with E-state index in [1.807, 2.05) is 12.1 Å². The first-order valence-electron chi connectivity index (χ1n) is 5.35. The molecule has 2 nitrogen and oxygen atoms in total. The lowest BCUT2D eigenvalue weighted by molar-refractivity contribution is 0.463. The van der Waals surface area contributed by atoms with Gasteiger partial charge in [-0.05, 0) is 30.9 Å². The van der Waals surface area contributed by atoms with Gasteiger partial charge in [-0.1, -0.05) is 30.7 Å². The summed E-state index contributed by atoms with van der Waals surface area (Å²) in [6.45, 7) is 3.99. The van der Waals surface area contributed by atoms with Gasteiger partial charge in [0, 0.05) is 12.1 Å². The number of hydrogen-bond acceptors (Lipinski definition) is 2. The van der Waals surface area contributed by atoms with Crippen molar-refractivity contribution in [3.05, 3.63) is 28.8 Å². The largest absolute Gasteiger partial charge is 0.506 e. The molecular weight excluding hydrogens is 210 g/mol. The minimum absolute atomic E-state index is 0.204. The molecule has 0 radical (unpaired) electrons. The summed E-state index contributed by atoms with van der Waals surface area (Å²) >= 11 is 5.81. The van der Waals surface area contributed by atoms with E-state index in [0.717, 1.165) is 23.9 Å². The van der Waals surface area contributed by atoms with Crippen LogP contribution in [0.5, 0.6) is 5.75 Å². The second-order valence-corrected chi connectivity index (χ2v) is 4.76. The Labute approximate surface area is 95.3 Å². The van der Waals surface area contributed by atoms with Gasteiger partial charge >= 0.3 is 0 Å². The van der Waals surface area contributed by atoms with Crippen LogP contribution in [-0.4, -0.2) is 11.7 Å². The molecule has 1 aliphatic rings. The first kappa shape index (κ1) is 10.8. The number of benzene rings is 1. The highest BCUT2D eigenvalue weighted by molar-refractivity contribution is 6.32. The minimum atomic E-state index is 0.204. The van der Waals surface area contributed by atoms with Gasteiger partial charge in [-0.15, -0.1) is 0 Å². The highest BCUT2D eigenvalue weighted by Gasteiger charge is 2.31. The topological polar surface area (TPSA) is 32.3 Å². The second kappa shape index (κ2) is 4.42. The van der Waals surface area contributed by atoms with Gasteiger partial charge in [0.15, 0.2) is 0 Å². The highest BCUT2D eigenvalue weighted by Crippen LogP contribution is 2.37. The molecule has 2 atom stereocenters. The van der Waals surface area contributed by atoms with Crippen LogP contribution in [0.15, 0.2) is 18.2 Å². The molecule has 15 heavy (non-hydrogen) atoms. The molecule has 0 spiro atoms. The second-order valence-electron chi connectivity index (χ2n) is 4.35. The SMILES string of the molecule is CC1CC1CNCc1cccc(Cl)c1O. The Hall–Kier alpha value is -0.730. The van der Waals surface area contributed by atoms with Crippen LogP contribution >= 0.6 is 11.6 Å². The Kier molecular flexibility index (Phi) is 3.17. The maximum Gasteiger partial charge on any atom is 0.138 e. The normalized spacial score (nSPS) is 24.1. The summed E-state index contributed by atoms with van der Waals surface area (Å²) in [5.41, 5.74) is 0.871. The summed E-state index contributed by atoms with van der Waals surface area (Å²) in [6, 6.07) is 5.45. The summed E-state index contributed by atoms with van der Waals surface area (Å²) in [5, 5.41) is 13.4. The van der Waals surface area contributed by atoms with Crippen molar-refractivity contribution in [1.29, 1.82) is 0 Å². The Morgan fingerprint density at radius 1 is 1.53 bits per heavy atom. The van der Waals surface area contributed by atoms with E-state index in [2.05, 4.69) is 12.2 Å². The van der Waals surface area contributed by atoms with E-state index in [4.69, 9.17) is 11.6 Å². The molecule has 1 aromatic carbocycles. The van der Waals surface area contributed by atoms with Crippen LogP contribution in [0.3, 0.4) is 0 Å². The van der Waals surface area contributed by atoms with E-state index in [1.165, 1.54) is 6.42 Å². The summed E-state index contributed by atoms with van der Waals surface area (Å²) in [4.78, 5) is 0. The zero-order valence-corrected chi connectivity index (χ0v) is 9.59. The zero-order valence-electron chi connectivity index (χ0n) is 8.83. The Balaban J connectivity index is 1.85. The van der Waals surface area contributed by atoms with Crippen LogP contribution in [-0.2, 0) is 6.54 Å². The summed E-state index contributed by atoms with van der Waals surface area (Å²) in [6.07, 6.45) is 1.33. The standard InChI is InChI=1S/C12H16ClNO/c1-8-5-10(8)7-14-6-9-3-2-4-11(13)12(9)15/h2-4,8,10,14-15H,5-7H2,1H3. The van der Waals surface area contributed by atoms with Crippen LogP contribution in [0.1, 0.15) is 18.9 Å². The first-order chi connectivity index (χ1) is 7.18.